The summed E-state index contributed by atoms with van der Waals surface area (Å²) in [5, 5.41) is 3.25. The van der Waals surface area contributed by atoms with Crippen molar-refractivity contribution in [2.45, 2.75) is 30.9 Å². The van der Waals surface area contributed by atoms with E-state index in [1.807, 2.05) is 0 Å². The van der Waals surface area contributed by atoms with E-state index >= 15 is 0 Å². The summed E-state index contributed by atoms with van der Waals surface area (Å²) in [5.41, 5.74) is 0. The molecule has 1 atom stereocenters. The number of nitrogens with zero attached hydrogens (tertiary/aromatic N) is 1. The SMILES string of the molecule is O=S1(=O)CCCCC1CN1CCCNCC1. The average Bonchev–Trinajstić information content (AvgIpc) is 2.49. The standard InChI is InChI=1S/C11H22N2O2S/c14-16(15)9-2-1-4-11(16)10-13-7-3-5-12-6-8-13/h11-12H,1-10H2. The van der Waals surface area contributed by atoms with Crippen molar-refractivity contribution in [2.75, 3.05) is 38.5 Å². The molecule has 2 fully saturated rings. The maximum Gasteiger partial charge on any atom is 0.154 e. The molecule has 0 aromatic rings. The molecule has 0 aromatic heterocycles. The molecule has 0 bridgehead atoms. The topological polar surface area (TPSA) is 49.4 Å². The molecule has 1 N–H and O–H groups in total. The summed E-state index contributed by atoms with van der Waals surface area (Å²) in [6, 6.07) is 0. The highest BCUT2D eigenvalue weighted by Crippen LogP contribution is 2.20. The van der Waals surface area contributed by atoms with E-state index in [1.54, 1.807) is 0 Å². The predicted molar refractivity (Wildman–Crippen MR) is 65.4 cm³/mol. The lowest BCUT2D eigenvalue weighted by molar-refractivity contribution is 0.283. The third-order valence-corrected chi connectivity index (χ3v) is 5.87. The van der Waals surface area contributed by atoms with Crippen molar-refractivity contribution in [1.82, 2.24) is 10.2 Å². The van der Waals surface area contributed by atoms with Crippen LogP contribution in [0.4, 0.5) is 0 Å². The molecule has 0 radical (unpaired) electrons. The van der Waals surface area contributed by atoms with Crippen molar-refractivity contribution < 1.29 is 8.42 Å². The zero-order valence-corrected chi connectivity index (χ0v) is 10.6. The Bertz CT molecular complexity index is 308. The second-order valence-corrected chi connectivity index (χ2v) is 7.29. The van der Waals surface area contributed by atoms with Gasteiger partial charge in [-0.2, -0.15) is 0 Å². The number of hydrogen-bond acceptors (Lipinski definition) is 4. The largest absolute Gasteiger partial charge is 0.315 e. The van der Waals surface area contributed by atoms with Crippen LogP contribution >= 0.6 is 0 Å². The average molecular weight is 246 g/mol. The van der Waals surface area contributed by atoms with Crippen LogP contribution < -0.4 is 5.32 Å². The number of nitrogens with one attached hydrogen (secondary N) is 1. The van der Waals surface area contributed by atoms with Gasteiger partial charge in [0.25, 0.3) is 0 Å². The Morgan fingerprint density at radius 2 is 2.00 bits per heavy atom. The Morgan fingerprint density at radius 3 is 2.81 bits per heavy atom. The van der Waals surface area contributed by atoms with E-state index in [1.165, 1.54) is 0 Å². The fraction of sp³-hybridized carbons (Fsp3) is 1.00. The van der Waals surface area contributed by atoms with Gasteiger partial charge in [-0.3, -0.25) is 0 Å². The first kappa shape index (κ1) is 12.3. The quantitative estimate of drug-likeness (QED) is 0.759. The summed E-state index contributed by atoms with van der Waals surface area (Å²) in [5.74, 6) is 0.407. The monoisotopic (exact) mass is 246 g/mol. The fourth-order valence-electron chi connectivity index (χ4n) is 2.60. The van der Waals surface area contributed by atoms with E-state index in [-0.39, 0.29) is 5.25 Å². The van der Waals surface area contributed by atoms with Gasteiger partial charge in [-0.15, -0.1) is 0 Å². The molecule has 2 saturated heterocycles. The molecule has 5 heteroatoms. The van der Waals surface area contributed by atoms with Crippen molar-refractivity contribution in [3.63, 3.8) is 0 Å². The zero-order valence-electron chi connectivity index (χ0n) is 9.82. The van der Waals surface area contributed by atoms with Crippen LogP contribution in [-0.4, -0.2) is 57.0 Å². The smallest absolute Gasteiger partial charge is 0.154 e. The van der Waals surface area contributed by atoms with Crippen LogP contribution in [0.5, 0.6) is 0 Å². The van der Waals surface area contributed by atoms with Crippen molar-refractivity contribution in [3.8, 4) is 0 Å². The van der Waals surface area contributed by atoms with Gasteiger partial charge in [-0.1, -0.05) is 6.42 Å². The van der Waals surface area contributed by atoms with E-state index in [9.17, 15) is 8.42 Å². The molecule has 0 aromatic carbocycles. The Kier molecular flexibility index (Phi) is 4.21. The van der Waals surface area contributed by atoms with Crippen LogP contribution in [-0.2, 0) is 9.84 Å². The van der Waals surface area contributed by atoms with Crippen molar-refractivity contribution in [3.05, 3.63) is 0 Å². The van der Waals surface area contributed by atoms with Crippen molar-refractivity contribution in [2.24, 2.45) is 0 Å². The second kappa shape index (κ2) is 5.47. The molecule has 0 amide bonds. The Hall–Kier alpha value is -0.130. The summed E-state index contributed by atoms with van der Waals surface area (Å²) >= 11 is 0. The Balaban J connectivity index is 1.91. The minimum atomic E-state index is -2.80. The fourth-order valence-corrected chi connectivity index (χ4v) is 4.50. The first-order valence-electron chi connectivity index (χ1n) is 6.33. The van der Waals surface area contributed by atoms with E-state index in [0.29, 0.717) is 5.75 Å². The van der Waals surface area contributed by atoms with Crippen molar-refractivity contribution in [1.29, 1.82) is 0 Å². The second-order valence-electron chi connectivity index (χ2n) is 4.89. The normalized spacial score (nSPS) is 32.1. The third kappa shape index (κ3) is 3.18. The van der Waals surface area contributed by atoms with Gasteiger partial charge >= 0.3 is 0 Å². The number of sulfone groups is 1. The highest BCUT2D eigenvalue weighted by atomic mass is 32.2. The van der Waals surface area contributed by atoms with Gasteiger partial charge in [0, 0.05) is 19.6 Å². The van der Waals surface area contributed by atoms with Crippen molar-refractivity contribution >= 4 is 9.84 Å². The summed E-state index contributed by atoms with van der Waals surface area (Å²) in [7, 11) is -2.80. The molecule has 0 aliphatic carbocycles. The van der Waals surface area contributed by atoms with Crippen LogP contribution in [0.25, 0.3) is 0 Å². The molecule has 2 aliphatic heterocycles. The molecule has 4 nitrogen and oxygen atoms in total. The molecule has 1 unspecified atom stereocenters. The van der Waals surface area contributed by atoms with E-state index in [0.717, 1.165) is 58.4 Å². The third-order valence-electron chi connectivity index (χ3n) is 3.61. The van der Waals surface area contributed by atoms with Crippen LogP contribution in [0.15, 0.2) is 0 Å². The zero-order chi connectivity index (χ0) is 11.4. The van der Waals surface area contributed by atoms with Gasteiger partial charge < -0.3 is 10.2 Å². The maximum atomic E-state index is 11.9. The molecule has 0 spiro atoms. The molecule has 94 valence electrons. The highest BCUT2D eigenvalue weighted by molar-refractivity contribution is 7.92. The molecular formula is C11H22N2O2S. The maximum absolute atomic E-state index is 11.9. The van der Waals surface area contributed by atoms with Crippen LogP contribution in [0.3, 0.4) is 0 Å². The number of hydrogen-bond donors (Lipinski definition) is 1. The minimum absolute atomic E-state index is 0.0978. The lowest BCUT2D eigenvalue weighted by Gasteiger charge is -2.28. The molecular weight excluding hydrogens is 224 g/mol. The molecule has 2 aliphatic rings. The van der Waals surface area contributed by atoms with Gasteiger partial charge in [-0.05, 0) is 32.4 Å². The van der Waals surface area contributed by atoms with Gasteiger partial charge in [0.1, 0.15) is 0 Å². The van der Waals surface area contributed by atoms with E-state index < -0.39 is 9.84 Å². The summed E-state index contributed by atoms with van der Waals surface area (Å²) in [6.45, 7) is 4.84. The first-order chi connectivity index (χ1) is 7.68. The molecule has 0 saturated carbocycles. The summed E-state index contributed by atoms with van der Waals surface area (Å²) in [4.78, 5) is 2.31. The van der Waals surface area contributed by atoms with Gasteiger partial charge in [0.15, 0.2) is 9.84 Å². The molecule has 2 rings (SSSR count). The van der Waals surface area contributed by atoms with Crippen LogP contribution in [0.2, 0.25) is 0 Å². The van der Waals surface area contributed by atoms with Gasteiger partial charge in [0.05, 0.1) is 11.0 Å². The van der Waals surface area contributed by atoms with E-state index in [2.05, 4.69) is 10.2 Å². The summed E-state index contributed by atoms with van der Waals surface area (Å²) < 4.78 is 23.8. The van der Waals surface area contributed by atoms with Crippen LogP contribution in [0.1, 0.15) is 25.7 Å². The minimum Gasteiger partial charge on any atom is -0.315 e. The first-order valence-corrected chi connectivity index (χ1v) is 8.05. The Labute approximate surface area is 98.3 Å². The van der Waals surface area contributed by atoms with Gasteiger partial charge in [-0.25, -0.2) is 8.42 Å². The summed E-state index contributed by atoms with van der Waals surface area (Å²) in [6.07, 6.45) is 3.94. The number of rotatable bonds is 2. The van der Waals surface area contributed by atoms with E-state index in [4.69, 9.17) is 0 Å². The van der Waals surface area contributed by atoms with Crippen LogP contribution in [0, 0.1) is 0 Å². The van der Waals surface area contributed by atoms with Gasteiger partial charge in [0.2, 0.25) is 0 Å². The Morgan fingerprint density at radius 1 is 1.12 bits per heavy atom. The predicted octanol–water partition coefficient (Wildman–Crippen LogP) is 0.249. The molecule has 2 heterocycles. The lowest BCUT2D eigenvalue weighted by Crippen LogP contribution is -2.41. The molecule has 16 heavy (non-hydrogen) atoms. The highest BCUT2D eigenvalue weighted by Gasteiger charge is 2.30. The lowest BCUT2D eigenvalue weighted by atomic mass is 10.2.